The van der Waals surface area contributed by atoms with Crippen LogP contribution in [0.4, 0.5) is 5.69 Å². The van der Waals surface area contributed by atoms with E-state index in [0.29, 0.717) is 30.4 Å². The molecule has 1 amide bonds. The minimum absolute atomic E-state index is 0.110. The molecule has 4 heterocycles. The molecule has 4 rings (SSSR count). The van der Waals surface area contributed by atoms with Gasteiger partial charge < -0.3 is 15.0 Å². The molecule has 3 aliphatic heterocycles. The number of carbonyl (C=O) groups excluding carboxylic acids is 1. The first-order chi connectivity index (χ1) is 13.4. The zero-order chi connectivity index (χ0) is 19.7. The lowest BCUT2D eigenvalue weighted by Gasteiger charge is -2.38. The minimum Gasteiger partial charge on any atom is -0.377 e. The van der Waals surface area contributed by atoms with Crippen LogP contribution >= 0.6 is 0 Å². The van der Waals surface area contributed by atoms with Gasteiger partial charge in [0.15, 0.2) is 0 Å². The van der Waals surface area contributed by atoms with Crippen LogP contribution in [0.1, 0.15) is 50.5 Å². The number of amides is 1. The lowest BCUT2D eigenvalue weighted by molar-refractivity contribution is -0.00354. The molecule has 0 aliphatic carbocycles. The van der Waals surface area contributed by atoms with Crippen LogP contribution in [0.25, 0.3) is 0 Å². The molecule has 1 unspecified atom stereocenters. The smallest absolute Gasteiger partial charge is 0.270 e. The number of pyridine rings is 1. The zero-order valence-electron chi connectivity index (χ0n) is 17.5. The van der Waals surface area contributed by atoms with Crippen LogP contribution in [0.3, 0.4) is 0 Å². The molecule has 0 bridgehead atoms. The molecule has 1 N–H and O–H groups in total. The first kappa shape index (κ1) is 19.6. The van der Waals surface area contributed by atoms with E-state index in [1.165, 1.54) is 32.4 Å². The van der Waals surface area contributed by atoms with Gasteiger partial charge in [-0.15, -0.1) is 0 Å². The first-order valence-electron chi connectivity index (χ1n) is 10.7. The van der Waals surface area contributed by atoms with Crippen molar-refractivity contribution in [2.45, 2.75) is 52.1 Å². The van der Waals surface area contributed by atoms with Gasteiger partial charge in [-0.25, -0.2) is 4.98 Å². The lowest BCUT2D eigenvalue weighted by Crippen LogP contribution is -2.48. The standard InChI is InChI=1S/C22H34N4O2/c1-22(2,3)16-6-9-26(13-16)18-7-10-25(11-8-18)19-4-5-20(23-12-19)21(27)24-17-14-28-15-17/h4-5,12,16-18H,6-11,13-15H2,1-3H3,(H,24,27). The third-order valence-corrected chi connectivity index (χ3v) is 6.74. The zero-order valence-corrected chi connectivity index (χ0v) is 17.5. The van der Waals surface area contributed by atoms with E-state index in [2.05, 4.69) is 40.9 Å². The number of rotatable bonds is 4. The molecule has 0 spiro atoms. The van der Waals surface area contributed by atoms with E-state index in [0.717, 1.165) is 24.7 Å². The maximum Gasteiger partial charge on any atom is 0.270 e. The quantitative estimate of drug-likeness (QED) is 0.862. The third-order valence-electron chi connectivity index (χ3n) is 6.74. The molecule has 154 valence electrons. The minimum atomic E-state index is -0.110. The van der Waals surface area contributed by atoms with Crippen LogP contribution in [0, 0.1) is 11.3 Å². The summed E-state index contributed by atoms with van der Waals surface area (Å²) in [7, 11) is 0. The van der Waals surface area contributed by atoms with E-state index in [-0.39, 0.29) is 11.9 Å². The molecule has 0 radical (unpaired) electrons. The number of likely N-dealkylation sites (tertiary alicyclic amines) is 1. The van der Waals surface area contributed by atoms with E-state index in [4.69, 9.17) is 4.74 Å². The fourth-order valence-corrected chi connectivity index (χ4v) is 4.60. The molecular formula is C22H34N4O2. The number of aromatic nitrogens is 1. The Morgan fingerprint density at radius 3 is 2.43 bits per heavy atom. The summed E-state index contributed by atoms with van der Waals surface area (Å²) in [6.07, 6.45) is 5.60. The van der Waals surface area contributed by atoms with Crippen molar-refractivity contribution in [3.05, 3.63) is 24.0 Å². The average molecular weight is 387 g/mol. The normalized spacial score (nSPS) is 25.0. The molecule has 28 heavy (non-hydrogen) atoms. The van der Waals surface area contributed by atoms with Crippen LogP contribution in [0.15, 0.2) is 18.3 Å². The van der Waals surface area contributed by atoms with Gasteiger partial charge in [0, 0.05) is 25.7 Å². The van der Waals surface area contributed by atoms with Gasteiger partial charge in [-0.2, -0.15) is 0 Å². The highest BCUT2D eigenvalue weighted by Gasteiger charge is 2.35. The Hall–Kier alpha value is -1.66. The molecule has 3 saturated heterocycles. The van der Waals surface area contributed by atoms with Gasteiger partial charge in [0.05, 0.1) is 31.1 Å². The molecule has 0 aromatic carbocycles. The highest BCUT2D eigenvalue weighted by Crippen LogP contribution is 2.35. The lowest BCUT2D eigenvalue weighted by atomic mass is 9.80. The van der Waals surface area contributed by atoms with E-state index in [1.807, 2.05) is 18.3 Å². The Kier molecular flexibility index (Phi) is 5.61. The molecule has 6 nitrogen and oxygen atoms in total. The van der Waals surface area contributed by atoms with Crippen molar-refractivity contribution in [1.29, 1.82) is 0 Å². The first-order valence-corrected chi connectivity index (χ1v) is 10.7. The van der Waals surface area contributed by atoms with Crippen LogP contribution in [-0.4, -0.2) is 67.3 Å². The Balaban J connectivity index is 1.27. The maximum absolute atomic E-state index is 12.2. The van der Waals surface area contributed by atoms with E-state index >= 15 is 0 Å². The van der Waals surface area contributed by atoms with Gasteiger partial charge in [0.2, 0.25) is 0 Å². The van der Waals surface area contributed by atoms with Crippen molar-refractivity contribution in [3.63, 3.8) is 0 Å². The number of ether oxygens (including phenoxy) is 1. The highest BCUT2D eigenvalue weighted by molar-refractivity contribution is 5.92. The summed E-state index contributed by atoms with van der Waals surface area (Å²) in [5.74, 6) is 0.709. The summed E-state index contributed by atoms with van der Waals surface area (Å²) < 4.78 is 5.09. The van der Waals surface area contributed by atoms with Crippen molar-refractivity contribution in [2.24, 2.45) is 11.3 Å². The van der Waals surface area contributed by atoms with Crippen molar-refractivity contribution in [1.82, 2.24) is 15.2 Å². The van der Waals surface area contributed by atoms with Crippen LogP contribution < -0.4 is 10.2 Å². The summed E-state index contributed by atoms with van der Waals surface area (Å²) in [5, 5.41) is 2.94. The van der Waals surface area contributed by atoms with Crippen LogP contribution in [-0.2, 0) is 4.74 Å². The molecule has 3 aliphatic rings. The van der Waals surface area contributed by atoms with Crippen molar-refractivity contribution >= 4 is 11.6 Å². The van der Waals surface area contributed by atoms with E-state index < -0.39 is 0 Å². The van der Waals surface area contributed by atoms with Crippen LogP contribution in [0.5, 0.6) is 0 Å². The molecule has 1 aromatic heterocycles. The number of hydrogen-bond acceptors (Lipinski definition) is 5. The average Bonchev–Trinajstić information content (AvgIpc) is 3.15. The monoisotopic (exact) mass is 386 g/mol. The Bertz CT molecular complexity index is 673. The van der Waals surface area contributed by atoms with Crippen LogP contribution in [0.2, 0.25) is 0 Å². The Labute approximate surface area is 168 Å². The van der Waals surface area contributed by atoms with Gasteiger partial charge in [-0.05, 0) is 49.3 Å². The number of piperidine rings is 1. The summed E-state index contributed by atoms with van der Waals surface area (Å²) in [6.45, 7) is 13.0. The van der Waals surface area contributed by atoms with Crippen molar-refractivity contribution in [2.75, 3.05) is 44.3 Å². The molecule has 1 aromatic rings. The molecular weight excluding hydrogens is 352 g/mol. The van der Waals surface area contributed by atoms with Crippen molar-refractivity contribution < 1.29 is 9.53 Å². The SMILES string of the molecule is CC(C)(C)C1CCN(C2CCN(c3ccc(C(=O)NC4COC4)nc3)CC2)C1. The van der Waals surface area contributed by atoms with Gasteiger partial charge in [0.1, 0.15) is 5.69 Å². The van der Waals surface area contributed by atoms with Crippen molar-refractivity contribution in [3.8, 4) is 0 Å². The number of nitrogens with one attached hydrogen (secondary N) is 1. The predicted octanol–water partition coefficient (Wildman–Crippen LogP) is 2.55. The molecule has 1 atom stereocenters. The van der Waals surface area contributed by atoms with Gasteiger partial charge in [0.25, 0.3) is 5.91 Å². The topological polar surface area (TPSA) is 57.7 Å². The molecule has 6 heteroatoms. The number of carbonyl (C=O) groups is 1. The van der Waals surface area contributed by atoms with Gasteiger partial charge >= 0.3 is 0 Å². The predicted molar refractivity (Wildman–Crippen MR) is 111 cm³/mol. The maximum atomic E-state index is 12.2. The number of nitrogens with zero attached hydrogens (tertiary/aromatic N) is 3. The number of hydrogen-bond donors (Lipinski definition) is 1. The molecule has 0 saturated carbocycles. The summed E-state index contributed by atoms with van der Waals surface area (Å²) in [6, 6.07) is 4.72. The third kappa shape index (κ3) is 4.33. The highest BCUT2D eigenvalue weighted by atomic mass is 16.5. The summed E-state index contributed by atoms with van der Waals surface area (Å²) in [5.41, 5.74) is 2.02. The fraction of sp³-hybridized carbons (Fsp3) is 0.727. The van der Waals surface area contributed by atoms with E-state index in [9.17, 15) is 4.79 Å². The van der Waals surface area contributed by atoms with Gasteiger partial charge in [-0.3, -0.25) is 9.69 Å². The second-order valence-corrected chi connectivity index (χ2v) is 9.67. The second-order valence-electron chi connectivity index (χ2n) is 9.67. The summed E-state index contributed by atoms with van der Waals surface area (Å²) in [4.78, 5) is 21.7. The molecule has 3 fully saturated rings. The summed E-state index contributed by atoms with van der Waals surface area (Å²) >= 11 is 0. The Morgan fingerprint density at radius 2 is 1.89 bits per heavy atom. The Morgan fingerprint density at radius 1 is 1.14 bits per heavy atom. The van der Waals surface area contributed by atoms with Gasteiger partial charge in [-0.1, -0.05) is 20.8 Å². The second kappa shape index (κ2) is 7.99. The number of anilines is 1. The van der Waals surface area contributed by atoms with E-state index in [1.54, 1.807) is 0 Å². The fourth-order valence-electron chi connectivity index (χ4n) is 4.60. The largest absolute Gasteiger partial charge is 0.377 e.